The summed E-state index contributed by atoms with van der Waals surface area (Å²) in [6.45, 7) is 4.20. The molecule has 0 bridgehead atoms. The second kappa shape index (κ2) is 5.54. The molecular formula is C10H18N2S. The molecule has 0 aromatic heterocycles. The fourth-order valence-corrected chi connectivity index (χ4v) is 2.85. The summed E-state index contributed by atoms with van der Waals surface area (Å²) in [4.78, 5) is 2.36. The van der Waals surface area contributed by atoms with Gasteiger partial charge < -0.3 is 5.32 Å². The Bertz CT molecular complexity index is 188. The van der Waals surface area contributed by atoms with Crippen LogP contribution >= 0.6 is 11.8 Å². The van der Waals surface area contributed by atoms with Gasteiger partial charge >= 0.3 is 0 Å². The Balaban J connectivity index is 2.51. The minimum absolute atomic E-state index is 0.211. The Kier molecular flexibility index (Phi) is 4.65. The van der Waals surface area contributed by atoms with Crippen molar-refractivity contribution in [2.45, 2.75) is 19.0 Å². The lowest BCUT2D eigenvalue weighted by Crippen LogP contribution is -2.52. The van der Waals surface area contributed by atoms with Crippen molar-refractivity contribution in [3.63, 3.8) is 0 Å². The lowest BCUT2D eigenvalue weighted by molar-refractivity contribution is 0.240. The third kappa shape index (κ3) is 2.91. The first-order valence-electron chi connectivity index (χ1n) is 4.77. The number of thioether (sulfide) groups is 1. The van der Waals surface area contributed by atoms with Gasteiger partial charge in [-0.15, -0.1) is 6.42 Å². The van der Waals surface area contributed by atoms with Crippen molar-refractivity contribution in [2.75, 3.05) is 31.6 Å². The highest BCUT2D eigenvalue weighted by Gasteiger charge is 2.25. The number of nitrogens with one attached hydrogen (secondary N) is 1. The fourth-order valence-electron chi connectivity index (χ4n) is 1.58. The van der Waals surface area contributed by atoms with Gasteiger partial charge in [-0.2, -0.15) is 11.8 Å². The van der Waals surface area contributed by atoms with Crippen molar-refractivity contribution in [1.29, 1.82) is 0 Å². The van der Waals surface area contributed by atoms with E-state index in [0.717, 1.165) is 18.8 Å². The van der Waals surface area contributed by atoms with E-state index in [1.165, 1.54) is 5.75 Å². The molecule has 1 N–H and O–H groups in total. The third-order valence-corrected chi connectivity index (χ3v) is 3.48. The van der Waals surface area contributed by atoms with Crippen LogP contribution in [-0.2, 0) is 0 Å². The Morgan fingerprint density at radius 3 is 3.08 bits per heavy atom. The maximum atomic E-state index is 5.50. The molecule has 0 spiro atoms. The molecule has 0 radical (unpaired) electrons. The Labute approximate surface area is 85.4 Å². The van der Waals surface area contributed by atoms with Gasteiger partial charge in [0.25, 0.3) is 0 Å². The maximum Gasteiger partial charge on any atom is 0.0852 e. The number of hydrogen-bond donors (Lipinski definition) is 1. The molecule has 3 heteroatoms. The van der Waals surface area contributed by atoms with Crippen molar-refractivity contribution >= 4 is 11.8 Å². The Morgan fingerprint density at radius 1 is 1.77 bits per heavy atom. The summed E-state index contributed by atoms with van der Waals surface area (Å²) in [5.74, 6) is 5.22. The van der Waals surface area contributed by atoms with E-state index < -0.39 is 0 Å². The zero-order valence-electron chi connectivity index (χ0n) is 8.42. The quantitative estimate of drug-likeness (QED) is 0.670. The van der Waals surface area contributed by atoms with Gasteiger partial charge in [-0.3, -0.25) is 4.90 Å². The predicted octanol–water partition coefficient (Wildman–Crippen LogP) is 0.645. The van der Waals surface area contributed by atoms with E-state index in [9.17, 15) is 0 Å². The topological polar surface area (TPSA) is 15.3 Å². The maximum absolute atomic E-state index is 5.50. The first kappa shape index (κ1) is 10.9. The van der Waals surface area contributed by atoms with E-state index in [1.807, 2.05) is 11.8 Å². The Morgan fingerprint density at radius 2 is 2.54 bits per heavy atom. The molecule has 2 unspecified atom stereocenters. The largest absolute Gasteiger partial charge is 0.303 e. The van der Waals surface area contributed by atoms with E-state index in [-0.39, 0.29) is 6.04 Å². The molecular weight excluding hydrogens is 180 g/mol. The summed E-state index contributed by atoms with van der Waals surface area (Å²) in [6.07, 6.45) is 5.50. The molecule has 0 aromatic carbocycles. The minimum atomic E-state index is 0.211. The molecule has 0 aromatic rings. The molecule has 2 nitrogen and oxygen atoms in total. The zero-order chi connectivity index (χ0) is 9.68. The van der Waals surface area contributed by atoms with Crippen LogP contribution in [0.5, 0.6) is 0 Å². The van der Waals surface area contributed by atoms with E-state index in [4.69, 9.17) is 6.42 Å². The fraction of sp³-hybridized carbons (Fsp3) is 0.800. The van der Waals surface area contributed by atoms with Crippen LogP contribution in [0.2, 0.25) is 0 Å². The second-order valence-electron chi connectivity index (χ2n) is 3.32. The highest BCUT2D eigenvalue weighted by Crippen LogP contribution is 2.16. The second-order valence-corrected chi connectivity index (χ2v) is 4.47. The lowest BCUT2D eigenvalue weighted by Gasteiger charge is -2.35. The van der Waals surface area contributed by atoms with Gasteiger partial charge in [-0.05, 0) is 13.6 Å². The minimum Gasteiger partial charge on any atom is -0.303 e. The van der Waals surface area contributed by atoms with Gasteiger partial charge in [-0.25, -0.2) is 0 Å². The van der Waals surface area contributed by atoms with E-state index in [2.05, 4.69) is 30.1 Å². The molecule has 1 aliphatic rings. The number of rotatable bonds is 3. The van der Waals surface area contributed by atoms with E-state index in [0.29, 0.717) is 6.04 Å². The van der Waals surface area contributed by atoms with Crippen LogP contribution < -0.4 is 5.32 Å². The van der Waals surface area contributed by atoms with Crippen LogP contribution in [0.1, 0.15) is 6.92 Å². The summed E-state index contributed by atoms with van der Waals surface area (Å²) >= 11 is 2.00. The summed E-state index contributed by atoms with van der Waals surface area (Å²) < 4.78 is 0. The smallest absolute Gasteiger partial charge is 0.0852 e. The summed E-state index contributed by atoms with van der Waals surface area (Å²) in [5, 5.41) is 3.34. The average molecular weight is 198 g/mol. The van der Waals surface area contributed by atoms with Crippen LogP contribution in [0.15, 0.2) is 0 Å². The predicted molar refractivity (Wildman–Crippen MR) is 60.0 cm³/mol. The molecule has 74 valence electrons. The van der Waals surface area contributed by atoms with Gasteiger partial charge in [0.15, 0.2) is 0 Å². The Hall–Kier alpha value is -0.170. The van der Waals surface area contributed by atoms with Crippen LogP contribution in [-0.4, -0.2) is 48.6 Å². The lowest BCUT2D eigenvalue weighted by atomic mass is 10.1. The van der Waals surface area contributed by atoms with E-state index in [1.54, 1.807) is 0 Å². The molecule has 1 rings (SSSR count). The van der Waals surface area contributed by atoms with E-state index >= 15 is 0 Å². The average Bonchev–Trinajstić information content (AvgIpc) is 2.16. The molecule has 0 aliphatic carbocycles. The highest BCUT2D eigenvalue weighted by atomic mass is 32.2. The molecule has 0 saturated carbocycles. The number of nitrogens with zero attached hydrogens (tertiary/aromatic N) is 1. The van der Waals surface area contributed by atoms with Gasteiger partial charge in [0.2, 0.25) is 0 Å². The number of likely N-dealkylation sites (N-methyl/N-ethyl adjacent to an activating group) is 2. The van der Waals surface area contributed by atoms with Gasteiger partial charge in [0, 0.05) is 24.1 Å². The summed E-state index contributed by atoms with van der Waals surface area (Å²) in [6, 6.07) is 0.714. The molecule has 1 saturated heterocycles. The highest BCUT2D eigenvalue weighted by molar-refractivity contribution is 7.99. The SMILES string of the molecule is C#CC(NCC)C1CSCCN1C. The summed E-state index contributed by atoms with van der Waals surface area (Å²) in [5.41, 5.74) is 0. The van der Waals surface area contributed by atoms with Gasteiger partial charge in [0.1, 0.15) is 0 Å². The monoisotopic (exact) mass is 198 g/mol. The van der Waals surface area contributed by atoms with Crippen LogP contribution in [0.25, 0.3) is 0 Å². The standard InChI is InChI=1S/C10H18N2S/c1-4-9(11-5-2)10-8-13-7-6-12(10)3/h1,9-11H,5-8H2,2-3H3. The van der Waals surface area contributed by atoms with Gasteiger partial charge in [0.05, 0.1) is 6.04 Å². The molecule has 13 heavy (non-hydrogen) atoms. The molecule has 2 atom stereocenters. The third-order valence-electron chi connectivity index (χ3n) is 2.43. The van der Waals surface area contributed by atoms with Crippen molar-refractivity contribution in [3.05, 3.63) is 0 Å². The summed E-state index contributed by atoms with van der Waals surface area (Å²) in [7, 11) is 2.16. The first-order valence-corrected chi connectivity index (χ1v) is 5.92. The first-order chi connectivity index (χ1) is 6.29. The van der Waals surface area contributed by atoms with Crippen LogP contribution in [0.4, 0.5) is 0 Å². The number of terminal acetylenes is 1. The van der Waals surface area contributed by atoms with Crippen molar-refractivity contribution in [1.82, 2.24) is 10.2 Å². The molecule has 1 heterocycles. The van der Waals surface area contributed by atoms with Crippen LogP contribution in [0.3, 0.4) is 0 Å². The van der Waals surface area contributed by atoms with Crippen molar-refractivity contribution in [3.8, 4) is 12.3 Å². The van der Waals surface area contributed by atoms with Crippen molar-refractivity contribution < 1.29 is 0 Å². The van der Waals surface area contributed by atoms with Crippen molar-refractivity contribution in [2.24, 2.45) is 0 Å². The van der Waals surface area contributed by atoms with Gasteiger partial charge in [-0.1, -0.05) is 12.8 Å². The zero-order valence-corrected chi connectivity index (χ0v) is 9.23. The number of hydrogen-bond acceptors (Lipinski definition) is 3. The van der Waals surface area contributed by atoms with Crippen LogP contribution in [0, 0.1) is 12.3 Å². The normalized spacial score (nSPS) is 26.7. The molecule has 1 fully saturated rings. The molecule has 0 amide bonds. The molecule has 1 aliphatic heterocycles.